The Morgan fingerprint density at radius 3 is 2.04 bits per heavy atom. The standard InChI is InChI=1S/C16H13I4NO4.ClH/c1-24-16(23)13(21)4-7-2-11(19)15(12(20)3-7)25-8-5-9(17)14(22)10(18)6-8;/h2-3,5-6,13,22H,4,21H2,1H3;1H/t13-;/m0./s1. The van der Waals surface area contributed by atoms with Gasteiger partial charge >= 0.3 is 5.97 Å². The summed E-state index contributed by atoms with van der Waals surface area (Å²) in [5, 5.41) is 9.87. The lowest BCUT2D eigenvalue weighted by Crippen LogP contribution is -2.33. The van der Waals surface area contributed by atoms with Crippen LogP contribution in [-0.2, 0) is 16.0 Å². The van der Waals surface area contributed by atoms with Crippen LogP contribution >= 0.6 is 103 Å². The van der Waals surface area contributed by atoms with Crippen molar-refractivity contribution in [3.8, 4) is 17.2 Å². The van der Waals surface area contributed by atoms with Crippen LogP contribution in [0.25, 0.3) is 0 Å². The summed E-state index contributed by atoms with van der Waals surface area (Å²) in [7, 11) is 1.33. The van der Waals surface area contributed by atoms with E-state index in [4.69, 9.17) is 10.5 Å². The second kappa shape index (κ2) is 11.0. The van der Waals surface area contributed by atoms with Gasteiger partial charge in [0.1, 0.15) is 17.5 Å². The van der Waals surface area contributed by atoms with Crippen LogP contribution in [0, 0.1) is 14.3 Å². The Balaban J connectivity index is 0.00000338. The molecule has 0 aromatic heterocycles. The first-order valence-corrected chi connectivity index (χ1v) is 11.2. The van der Waals surface area contributed by atoms with Crippen LogP contribution in [0.3, 0.4) is 0 Å². The van der Waals surface area contributed by atoms with Crippen LogP contribution in [0.1, 0.15) is 5.56 Å². The number of hydrogen-bond donors (Lipinski definition) is 2. The highest BCUT2D eigenvalue weighted by molar-refractivity contribution is 14.1. The first-order chi connectivity index (χ1) is 11.7. The van der Waals surface area contributed by atoms with Gasteiger partial charge in [0.25, 0.3) is 0 Å². The monoisotopic (exact) mass is 827 g/mol. The molecule has 142 valence electrons. The smallest absolute Gasteiger partial charge is 0.322 e. The second-order valence-corrected chi connectivity index (χ2v) is 9.71. The third-order valence-corrected chi connectivity index (χ3v) is 6.48. The molecule has 2 aromatic carbocycles. The second-order valence-electron chi connectivity index (χ2n) is 5.06. The Morgan fingerprint density at radius 2 is 1.58 bits per heavy atom. The minimum atomic E-state index is -0.691. The van der Waals surface area contributed by atoms with Gasteiger partial charge in [-0.25, -0.2) is 0 Å². The van der Waals surface area contributed by atoms with E-state index >= 15 is 0 Å². The van der Waals surface area contributed by atoms with Crippen molar-refractivity contribution in [2.24, 2.45) is 5.73 Å². The predicted octanol–water partition coefficient (Wildman–Crippen LogP) is 5.07. The molecule has 0 unspecified atom stereocenters. The number of phenols is 1. The zero-order valence-electron chi connectivity index (χ0n) is 13.3. The molecule has 0 aliphatic heterocycles. The van der Waals surface area contributed by atoms with E-state index in [1.54, 1.807) is 12.1 Å². The summed E-state index contributed by atoms with van der Waals surface area (Å²) in [6, 6.07) is 6.76. The Morgan fingerprint density at radius 1 is 1.08 bits per heavy atom. The first kappa shape index (κ1) is 24.7. The molecule has 2 aromatic rings. The van der Waals surface area contributed by atoms with E-state index in [0.717, 1.165) is 25.6 Å². The molecule has 1 atom stereocenters. The van der Waals surface area contributed by atoms with Gasteiger partial charge in [-0.1, -0.05) is 0 Å². The van der Waals surface area contributed by atoms with E-state index in [-0.39, 0.29) is 18.2 Å². The number of carbonyl (C=O) groups is 1. The molecule has 0 amide bonds. The van der Waals surface area contributed by atoms with E-state index in [1.807, 2.05) is 12.1 Å². The lowest BCUT2D eigenvalue weighted by atomic mass is 10.1. The Bertz CT molecular complexity index is 773. The zero-order valence-corrected chi connectivity index (χ0v) is 22.7. The third kappa shape index (κ3) is 6.35. The van der Waals surface area contributed by atoms with Crippen molar-refractivity contribution in [2.45, 2.75) is 12.5 Å². The molecule has 0 saturated carbocycles. The minimum absolute atomic E-state index is 0. The number of rotatable bonds is 5. The maximum atomic E-state index is 11.5. The number of benzene rings is 2. The van der Waals surface area contributed by atoms with Crippen molar-refractivity contribution in [2.75, 3.05) is 7.11 Å². The van der Waals surface area contributed by atoms with E-state index < -0.39 is 12.0 Å². The molecule has 3 N–H and O–H groups in total. The van der Waals surface area contributed by atoms with Gasteiger partial charge in [-0.3, -0.25) is 4.79 Å². The van der Waals surface area contributed by atoms with Crippen LogP contribution < -0.4 is 10.5 Å². The molecule has 0 aliphatic rings. The molecule has 0 bridgehead atoms. The highest BCUT2D eigenvalue weighted by atomic mass is 127. The molecule has 10 heteroatoms. The Labute approximate surface area is 212 Å². The number of carbonyl (C=O) groups excluding carboxylic acids is 1. The molecule has 0 radical (unpaired) electrons. The average Bonchev–Trinajstić information content (AvgIpc) is 2.55. The van der Waals surface area contributed by atoms with Gasteiger partial charge in [0.05, 0.1) is 21.4 Å². The normalized spacial score (nSPS) is 11.5. The lowest BCUT2D eigenvalue weighted by Gasteiger charge is -2.15. The van der Waals surface area contributed by atoms with E-state index in [0.29, 0.717) is 12.2 Å². The number of ether oxygens (including phenoxy) is 2. The highest BCUT2D eigenvalue weighted by Gasteiger charge is 2.17. The van der Waals surface area contributed by atoms with Crippen LogP contribution in [0.2, 0.25) is 0 Å². The van der Waals surface area contributed by atoms with Gasteiger partial charge in [0.2, 0.25) is 0 Å². The quantitative estimate of drug-likeness (QED) is 0.326. The third-order valence-electron chi connectivity index (χ3n) is 3.23. The summed E-state index contributed by atoms with van der Waals surface area (Å²) in [5.41, 5.74) is 6.77. The molecule has 2 rings (SSSR count). The summed E-state index contributed by atoms with van der Waals surface area (Å²) in [6.07, 6.45) is 0.397. The van der Waals surface area contributed by atoms with Gasteiger partial charge in [-0.2, -0.15) is 0 Å². The average molecular weight is 827 g/mol. The van der Waals surface area contributed by atoms with Gasteiger partial charge in [0.15, 0.2) is 5.75 Å². The molecule has 0 heterocycles. The fourth-order valence-corrected chi connectivity index (χ4v) is 5.86. The van der Waals surface area contributed by atoms with Crippen molar-refractivity contribution >= 4 is 109 Å². The number of nitrogens with two attached hydrogens (primary N) is 1. The van der Waals surface area contributed by atoms with Crippen molar-refractivity contribution in [3.05, 3.63) is 44.1 Å². The van der Waals surface area contributed by atoms with Gasteiger partial charge < -0.3 is 20.3 Å². The molecule has 0 aliphatic carbocycles. The summed E-state index contributed by atoms with van der Waals surface area (Å²) in [5.74, 6) is 1.21. The molecule has 0 saturated heterocycles. The van der Waals surface area contributed by atoms with Crippen molar-refractivity contribution in [3.63, 3.8) is 0 Å². The summed E-state index contributed by atoms with van der Waals surface area (Å²) in [6.45, 7) is 0. The lowest BCUT2D eigenvalue weighted by molar-refractivity contribution is -0.142. The first-order valence-electron chi connectivity index (χ1n) is 6.90. The van der Waals surface area contributed by atoms with Gasteiger partial charge in [-0.05, 0) is 127 Å². The predicted molar refractivity (Wildman–Crippen MR) is 136 cm³/mol. The number of aromatic hydroxyl groups is 1. The molecular formula is C16H14ClI4NO4. The number of hydrogen-bond acceptors (Lipinski definition) is 5. The van der Waals surface area contributed by atoms with Crippen LogP contribution in [0.5, 0.6) is 17.2 Å². The fourth-order valence-electron chi connectivity index (χ4n) is 2.04. The molecule has 26 heavy (non-hydrogen) atoms. The SMILES string of the molecule is COC(=O)[C@@H](N)Cc1cc(I)c(Oc2cc(I)c(O)c(I)c2)c(I)c1.Cl. The summed E-state index contributed by atoms with van der Waals surface area (Å²) in [4.78, 5) is 11.5. The largest absolute Gasteiger partial charge is 0.506 e. The van der Waals surface area contributed by atoms with E-state index in [1.165, 1.54) is 7.11 Å². The molecule has 0 fully saturated rings. The highest BCUT2D eigenvalue weighted by Crippen LogP contribution is 2.36. The Hall–Kier alpha value is 0.680. The maximum absolute atomic E-state index is 11.5. The summed E-state index contributed by atoms with van der Waals surface area (Å²) >= 11 is 8.53. The van der Waals surface area contributed by atoms with Crippen LogP contribution in [0.15, 0.2) is 24.3 Å². The number of phenolic OH excluding ortho intramolecular Hbond substituents is 1. The Kier molecular flexibility index (Phi) is 10.5. The topological polar surface area (TPSA) is 81.8 Å². The van der Waals surface area contributed by atoms with Crippen LogP contribution in [0.4, 0.5) is 0 Å². The molecule has 0 spiro atoms. The van der Waals surface area contributed by atoms with E-state index in [9.17, 15) is 9.90 Å². The molecular weight excluding hydrogens is 813 g/mol. The number of esters is 1. The number of methoxy groups -OCH3 is 1. The van der Waals surface area contributed by atoms with E-state index in [2.05, 4.69) is 95.1 Å². The molecule has 5 nitrogen and oxygen atoms in total. The van der Waals surface area contributed by atoms with Crippen molar-refractivity contribution < 1.29 is 19.4 Å². The fraction of sp³-hybridized carbons (Fsp3) is 0.188. The minimum Gasteiger partial charge on any atom is -0.506 e. The summed E-state index contributed by atoms with van der Waals surface area (Å²) < 4.78 is 14.0. The van der Waals surface area contributed by atoms with Crippen molar-refractivity contribution in [1.29, 1.82) is 0 Å². The van der Waals surface area contributed by atoms with Crippen molar-refractivity contribution in [1.82, 2.24) is 0 Å². The van der Waals surface area contributed by atoms with Crippen LogP contribution in [-0.4, -0.2) is 24.2 Å². The number of halogens is 5. The maximum Gasteiger partial charge on any atom is 0.322 e. The van der Waals surface area contributed by atoms with Gasteiger partial charge in [-0.15, -0.1) is 12.4 Å². The van der Waals surface area contributed by atoms with Gasteiger partial charge in [0, 0.05) is 0 Å². The zero-order chi connectivity index (χ0) is 18.7.